The molecule has 7 nitrogen and oxygen atoms in total. The van der Waals surface area contributed by atoms with Gasteiger partial charge in [-0.05, 0) is 42.0 Å². The maximum atomic E-state index is 6.24. The van der Waals surface area contributed by atoms with Crippen molar-refractivity contribution in [1.29, 1.82) is 0 Å². The van der Waals surface area contributed by atoms with E-state index in [-0.39, 0.29) is 6.61 Å². The lowest BCUT2D eigenvalue weighted by Crippen LogP contribution is -2.13. The first kappa shape index (κ1) is 16.8. The monoisotopic (exact) mass is 340 g/mol. The topological polar surface area (TPSA) is 95.3 Å². The molecule has 25 heavy (non-hydrogen) atoms. The smallest absolute Gasteiger partial charge is 0.172 e. The lowest BCUT2D eigenvalue weighted by molar-refractivity contribution is 0.295. The summed E-state index contributed by atoms with van der Waals surface area (Å²) in [5, 5.41) is 7.04. The number of nitrogens with zero attached hydrogens (tertiary/aromatic N) is 2. The quantitative estimate of drug-likeness (QED) is 0.686. The van der Waals surface area contributed by atoms with Gasteiger partial charge in [0.25, 0.3) is 0 Å². The molecular weight excluding hydrogens is 320 g/mol. The summed E-state index contributed by atoms with van der Waals surface area (Å²) in [6, 6.07) is 14.4. The normalized spacial score (nSPS) is 11.8. The number of nitrogens with two attached hydrogens (primary N) is 1. The summed E-state index contributed by atoms with van der Waals surface area (Å²) in [6.07, 6.45) is 0. The van der Waals surface area contributed by atoms with Crippen molar-refractivity contribution in [1.82, 2.24) is 15.2 Å². The lowest BCUT2D eigenvalue weighted by Gasteiger charge is -2.09. The molecule has 0 bridgehead atoms. The third-order valence-electron chi connectivity index (χ3n) is 3.72. The van der Waals surface area contributed by atoms with Crippen LogP contribution in [0.1, 0.15) is 23.3 Å². The molecule has 0 fully saturated rings. The van der Waals surface area contributed by atoms with Gasteiger partial charge in [0, 0.05) is 0 Å². The Kier molecular flexibility index (Phi) is 5.15. The van der Waals surface area contributed by atoms with Gasteiger partial charge < -0.3 is 19.9 Å². The summed E-state index contributed by atoms with van der Waals surface area (Å²) in [5.41, 5.74) is 7.11. The molecule has 0 aliphatic carbocycles. The van der Waals surface area contributed by atoms with E-state index in [4.69, 9.17) is 19.9 Å². The number of aromatic amines is 1. The number of H-pyrrole nitrogens is 1. The highest BCUT2D eigenvalue weighted by Gasteiger charge is 2.15. The van der Waals surface area contributed by atoms with Crippen LogP contribution in [0.15, 0.2) is 48.5 Å². The second-order valence-electron chi connectivity index (χ2n) is 5.36. The minimum atomic E-state index is -0.443. The van der Waals surface area contributed by atoms with Crippen molar-refractivity contribution >= 4 is 0 Å². The second kappa shape index (κ2) is 7.67. The van der Waals surface area contributed by atoms with E-state index in [1.807, 2.05) is 48.5 Å². The van der Waals surface area contributed by atoms with Crippen LogP contribution in [0.25, 0.3) is 0 Å². The summed E-state index contributed by atoms with van der Waals surface area (Å²) in [7, 11) is 3.24. The molecule has 1 heterocycles. The predicted molar refractivity (Wildman–Crippen MR) is 92.7 cm³/mol. The molecule has 1 unspecified atom stereocenters. The third kappa shape index (κ3) is 4.07. The molecule has 1 aromatic heterocycles. The molecule has 0 spiro atoms. The van der Waals surface area contributed by atoms with E-state index in [2.05, 4.69) is 15.2 Å². The summed E-state index contributed by atoms with van der Waals surface area (Å²) in [6.45, 7) is 0.268. The van der Waals surface area contributed by atoms with Gasteiger partial charge in [0.2, 0.25) is 0 Å². The zero-order valence-corrected chi connectivity index (χ0v) is 14.1. The Morgan fingerprint density at radius 2 is 1.72 bits per heavy atom. The first-order chi connectivity index (χ1) is 12.2. The van der Waals surface area contributed by atoms with Gasteiger partial charge >= 0.3 is 0 Å². The standard InChI is InChI=1S/C18H20N4O3/c1-23-13-6-8-14(9-7-13)25-11-16-20-18(22-21-16)17(19)12-4-3-5-15(10-12)24-2/h3-10,17H,11,19H2,1-2H3,(H,20,21,22). The van der Waals surface area contributed by atoms with Gasteiger partial charge in [-0.15, -0.1) is 0 Å². The highest BCUT2D eigenvalue weighted by Crippen LogP contribution is 2.21. The average Bonchev–Trinajstić information content (AvgIpc) is 3.15. The molecular formula is C18H20N4O3. The Balaban J connectivity index is 1.64. The molecule has 3 rings (SSSR count). The zero-order chi connectivity index (χ0) is 17.6. The van der Waals surface area contributed by atoms with Crippen molar-refractivity contribution < 1.29 is 14.2 Å². The first-order valence-electron chi connectivity index (χ1n) is 7.77. The maximum Gasteiger partial charge on any atom is 0.172 e. The molecule has 0 aliphatic heterocycles. The van der Waals surface area contributed by atoms with Crippen molar-refractivity contribution in [2.45, 2.75) is 12.6 Å². The van der Waals surface area contributed by atoms with E-state index < -0.39 is 6.04 Å². The summed E-state index contributed by atoms with van der Waals surface area (Å²) >= 11 is 0. The van der Waals surface area contributed by atoms with Crippen LogP contribution in [-0.2, 0) is 6.61 Å². The second-order valence-corrected chi connectivity index (χ2v) is 5.36. The van der Waals surface area contributed by atoms with Gasteiger partial charge in [-0.1, -0.05) is 12.1 Å². The minimum absolute atomic E-state index is 0.268. The van der Waals surface area contributed by atoms with Gasteiger partial charge in [-0.2, -0.15) is 5.10 Å². The largest absolute Gasteiger partial charge is 0.497 e. The van der Waals surface area contributed by atoms with Crippen molar-refractivity contribution in [2.24, 2.45) is 5.73 Å². The fourth-order valence-electron chi connectivity index (χ4n) is 2.32. The fourth-order valence-corrected chi connectivity index (χ4v) is 2.32. The molecule has 2 aromatic carbocycles. The van der Waals surface area contributed by atoms with Gasteiger partial charge in [-0.3, -0.25) is 5.10 Å². The molecule has 3 N–H and O–H groups in total. The SMILES string of the molecule is COc1ccc(OCc2nc(C(N)c3cccc(OC)c3)n[nH]2)cc1. The molecule has 0 saturated heterocycles. The van der Waals surface area contributed by atoms with E-state index in [0.29, 0.717) is 11.6 Å². The number of aromatic nitrogens is 3. The predicted octanol–water partition coefficient (Wildman–Crippen LogP) is 2.45. The Bertz CT molecular complexity index is 817. The Hall–Kier alpha value is -3.06. The van der Waals surface area contributed by atoms with Crippen molar-refractivity contribution in [3.63, 3.8) is 0 Å². The summed E-state index contributed by atoms with van der Waals surface area (Å²) in [4.78, 5) is 4.41. The van der Waals surface area contributed by atoms with Gasteiger partial charge in [0.05, 0.1) is 20.3 Å². The van der Waals surface area contributed by atoms with E-state index in [1.54, 1.807) is 14.2 Å². The molecule has 7 heteroatoms. The summed E-state index contributed by atoms with van der Waals surface area (Å²) in [5.74, 6) is 3.34. The number of rotatable bonds is 7. The van der Waals surface area contributed by atoms with E-state index >= 15 is 0 Å². The third-order valence-corrected chi connectivity index (χ3v) is 3.72. The Morgan fingerprint density at radius 3 is 2.44 bits per heavy atom. The lowest BCUT2D eigenvalue weighted by atomic mass is 10.1. The van der Waals surface area contributed by atoms with Crippen LogP contribution in [0.4, 0.5) is 0 Å². The molecule has 1 atom stereocenters. The molecule has 3 aromatic rings. The van der Waals surface area contributed by atoms with Crippen LogP contribution in [0.2, 0.25) is 0 Å². The van der Waals surface area contributed by atoms with Crippen molar-refractivity contribution in [3.8, 4) is 17.2 Å². The van der Waals surface area contributed by atoms with E-state index in [9.17, 15) is 0 Å². The van der Waals surface area contributed by atoms with Crippen LogP contribution in [0.5, 0.6) is 17.2 Å². The number of benzene rings is 2. The number of nitrogens with one attached hydrogen (secondary N) is 1. The van der Waals surface area contributed by atoms with Crippen LogP contribution in [0.3, 0.4) is 0 Å². The minimum Gasteiger partial charge on any atom is -0.497 e. The molecule has 130 valence electrons. The first-order valence-corrected chi connectivity index (χ1v) is 7.77. The summed E-state index contributed by atoms with van der Waals surface area (Å²) < 4.78 is 16.0. The number of ether oxygens (including phenoxy) is 3. The molecule has 0 aliphatic rings. The van der Waals surface area contributed by atoms with Gasteiger partial charge in [0.15, 0.2) is 11.6 Å². The van der Waals surface area contributed by atoms with Gasteiger partial charge in [0.1, 0.15) is 23.9 Å². The fraction of sp³-hybridized carbons (Fsp3) is 0.222. The van der Waals surface area contributed by atoms with Crippen LogP contribution in [0, 0.1) is 0 Å². The Labute approximate surface area is 145 Å². The highest BCUT2D eigenvalue weighted by atomic mass is 16.5. The number of hydrogen-bond acceptors (Lipinski definition) is 6. The van der Waals surface area contributed by atoms with Crippen molar-refractivity contribution in [3.05, 3.63) is 65.7 Å². The Morgan fingerprint density at radius 1 is 1.00 bits per heavy atom. The molecule has 0 saturated carbocycles. The zero-order valence-electron chi connectivity index (χ0n) is 14.1. The van der Waals surface area contributed by atoms with E-state index in [1.165, 1.54) is 0 Å². The van der Waals surface area contributed by atoms with Crippen LogP contribution >= 0.6 is 0 Å². The number of hydrogen-bond donors (Lipinski definition) is 2. The van der Waals surface area contributed by atoms with Crippen LogP contribution < -0.4 is 19.9 Å². The molecule has 0 radical (unpaired) electrons. The highest BCUT2D eigenvalue weighted by molar-refractivity contribution is 5.33. The molecule has 0 amide bonds. The van der Waals surface area contributed by atoms with Crippen molar-refractivity contribution in [2.75, 3.05) is 14.2 Å². The maximum absolute atomic E-state index is 6.24. The average molecular weight is 340 g/mol. The van der Waals surface area contributed by atoms with Gasteiger partial charge in [-0.25, -0.2) is 4.98 Å². The van der Waals surface area contributed by atoms with Crippen LogP contribution in [-0.4, -0.2) is 29.4 Å². The van der Waals surface area contributed by atoms with E-state index in [0.717, 1.165) is 22.8 Å². The number of methoxy groups -OCH3 is 2.